The van der Waals surface area contributed by atoms with E-state index >= 15 is 0 Å². The Morgan fingerprint density at radius 1 is 0.226 bits per heavy atom. The molecule has 0 amide bonds. The number of aromatic nitrogens is 2. The van der Waals surface area contributed by atoms with Gasteiger partial charge in [0.1, 0.15) is 0 Å². The van der Waals surface area contributed by atoms with Crippen molar-refractivity contribution in [1.82, 2.24) is 9.97 Å². The smallest absolute Gasteiger partial charge is 0.0998 e. The zero-order valence-electron chi connectivity index (χ0n) is 45.5. The lowest BCUT2D eigenvalue weighted by molar-refractivity contribution is 1.39. The Bertz CT molecular complexity index is 5390. The van der Waals surface area contributed by atoms with Gasteiger partial charge in [-0.2, -0.15) is 10.5 Å². The van der Waals surface area contributed by atoms with Crippen LogP contribution in [0.4, 0.5) is 0 Å². The minimum absolute atomic E-state index is 0.616. The lowest BCUT2D eigenvalue weighted by Crippen LogP contribution is -1.95. The standard InChI is InChI=1S/2C40H24N2/c41-25-28-13-3-6-18-31(28)39-24-37(33-22-10-15-27-12-2-5-17-30(27)33)38-23-36(34-19-7-8-20-35(34)40(38)42-39)32-21-9-14-26-11-1-4-16-29(26)32;41-25-26-19-21-29(22-20-26)39-24-37(33-18-8-12-28-10-2-4-14-31(28)33)38-23-36(34-15-5-6-16-35(34)40(38)42-39)32-17-7-11-27-9-1-3-13-30(27)32/h2*1-24H. The highest BCUT2D eigenvalue weighted by molar-refractivity contribution is 6.21. The van der Waals surface area contributed by atoms with Crippen molar-refractivity contribution in [3.8, 4) is 79.2 Å². The number of rotatable bonds is 6. The zero-order valence-corrected chi connectivity index (χ0v) is 45.5. The molecule has 0 unspecified atom stereocenters. The van der Waals surface area contributed by atoms with Crippen molar-refractivity contribution < 1.29 is 0 Å². The molecule has 0 aliphatic rings. The van der Waals surface area contributed by atoms with E-state index in [-0.39, 0.29) is 0 Å². The van der Waals surface area contributed by atoms with Gasteiger partial charge in [-0.25, -0.2) is 9.97 Å². The minimum Gasteiger partial charge on any atom is -0.247 e. The van der Waals surface area contributed by atoms with Crippen LogP contribution in [0.25, 0.3) is 153 Å². The van der Waals surface area contributed by atoms with Crippen molar-refractivity contribution in [3.63, 3.8) is 0 Å². The van der Waals surface area contributed by atoms with Crippen molar-refractivity contribution in [1.29, 1.82) is 10.5 Å². The summed E-state index contributed by atoms with van der Waals surface area (Å²) in [6, 6.07) is 107. The Balaban J connectivity index is 0.000000143. The molecule has 4 heteroatoms. The predicted octanol–water partition coefficient (Wildman–Crippen LogP) is 21.1. The van der Waals surface area contributed by atoms with Gasteiger partial charge in [0, 0.05) is 32.7 Å². The highest BCUT2D eigenvalue weighted by Crippen LogP contribution is 2.46. The lowest BCUT2D eigenvalue weighted by atomic mass is 9.88. The molecule has 0 spiro atoms. The van der Waals surface area contributed by atoms with Crippen LogP contribution in [0, 0.1) is 22.7 Å². The first-order valence-electron chi connectivity index (χ1n) is 28.2. The third kappa shape index (κ3) is 8.54. The third-order valence-corrected chi connectivity index (χ3v) is 16.6. The Morgan fingerprint density at radius 3 is 0.964 bits per heavy atom. The molecule has 0 radical (unpaired) electrons. The monoisotopic (exact) mass is 1060 g/mol. The van der Waals surface area contributed by atoms with Crippen molar-refractivity contribution in [2.75, 3.05) is 0 Å². The van der Waals surface area contributed by atoms with Gasteiger partial charge in [-0.05, 0) is 141 Å². The van der Waals surface area contributed by atoms with Crippen molar-refractivity contribution >= 4 is 86.4 Å². The molecule has 4 nitrogen and oxygen atoms in total. The average Bonchev–Trinajstić information content (AvgIpc) is 1.58. The normalized spacial score (nSPS) is 11.3. The van der Waals surface area contributed by atoms with Gasteiger partial charge in [0.15, 0.2) is 0 Å². The van der Waals surface area contributed by atoms with E-state index in [1.807, 2.05) is 48.5 Å². The Morgan fingerprint density at radius 2 is 0.548 bits per heavy atom. The van der Waals surface area contributed by atoms with Gasteiger partial charge in [0.05, 0.1) is 45.7 Å². The van der Waals surface area contributed by atoms with E-state index in [0.717, 1.165) is 77.2 Å². The first-order chi connectivity index (χ1) is 41.6. The van der Waals surface area contributed by atoms with E-state index in [4.69, 9.17) is 9.97 Å². The predicted molar refractivity (Wildman–Crippen MR) is 351 cm³/mol. The molecular weight excluding hydrogens is 1020 g/mol. The maximum Gasteiger partial charge on any atom is 0.0998 e. The van der Waals surface area contributed by atoms with Crippen molar-refractivity contribution in [2.45, 2.75) is 0 Å². The second kappa shape index (κ2) is 20.8. The van der Waals surface area contributed by atoms with Crippen LogP contribution in [0.15, 0.2) is 291 Å². The second-order valence-electron chi connectivity index (χ2n) is 21.3. The number of nitriles is 2. The fourth-order valence-electron chi connectivity index (χ4n) is 12.6. The molecule has 16 rings (SSSR count). The van der Waals surface area contributed by atoms with Crippen LogP contribution in [-0.2, 0) is 0 Å². The molecule has 2 aromatic heterocycles. The third-order valence-electron chi connectivity index (χ3n) is 16.6. The molecule has 0 aliphatic carbocycles. The SMILES string of the molecule is N#Cc1ccc(-c2cc(-c3cccc4ccccc34)c3cc(-c4cccc5ccccc45)c4ccccc4c3n2)cc1.N#Cc1ccccc1-c1cc(-c2cccc3ccccc23)c2cc(-c3cccc4ccccc34)c3ccccc3c2n1. The van der Waals surface area contributed by atoms with E-state index in [1.165, 1.54) is 76.3 Å². The number of nitrogens with zero attached hydrogens (tertiary/aromatic N) is 4. The molecule has 0 fully saturated rings. The van der Waals surface area contributed by atoms with Gasteiger partial charge < -0.3 is 0 Å². The van der Waals surface area contributed by atoms with Gasteiger partial charge in [-0.15, -0.1) is 0 Å². The molecular formula is C80H48N4. The number of benzene rings is 14. The van der Waals surface area contributed by atoms with E-state index in [2.05, 4.69) is 255 Å². The van der Waals surface area contributed by atoms with Crippen LogP contribution in [0.2, 0.25) is 0 Å². The largest absolute Gasteiger partial charge is 0.247 e. The number of hydrogen-bond acceptors (Lipinski definition) is 4. The highest BCUT2D eigenvalue weighted by Gasteiger charge is 2.21. The molecule has 14 aromatic carbocycles. The summed E-state index contributed by atoms with van der Waals surface area (Å²) in [5.41, 5.74) is 16.0. The first-order valence-corrected chi connectivity index (χ1v) is 28.2. The van der Waals surface area contributed by atoms with Crippen LogP contribution in [0.3, 0.4) is 0 Å². The summed E-state index contributed by atoms with van der Waals surface area (Å²) in [5, 5.41) is 35.8. The van der Waals surface area contributed by atoms with E-state index in [0.29, 0.717) is 11.1 Å². The molecule has 0 atom stereocenters. The van der Waals surface area contributed by atoms with Crippen LogP contribution >= 0.6 is 0 Å². The molecule has 0 bridgehead atoms. The van der Waals surface area contributed by atoms with E-state index < -0.39 is 0 Å². The summed E-state index contributed by atoms with van der Waals surface area (Å²) >= 11 is 0. The molecule has 0 N–H and O–H groups in total. The molecule has 84 heavy (non-hydrogen) atoms. The van der Waals surface area contributed by atoms with Gasteiger partial charge in [-0.3, -0.25) is 0 Å². The van der Waals surface area contributed by atoms with Crippen LogP contribution in [-0.4, -0.2) is 9.97 Å². The molecule has 16 aromatic rings. The van der Waals surface area contributed by atoms with Gasteiger partial charge in [0.2, 0.25) is 0 Å². The Kier molecular flexibility index (Phi) is 12.3. The minimum atomic E-state index is 0.616. The molecule has 2 heterocycles. The van der Waals surface area contributed by atoms with E-state index in [9.17, 15) is 10.5 Å². The lowest BCUT2D eigenvalue weighted by Gasteiger charge is -2.17. The number of pyridine rings is 2. The Labute approximate surface area is 485 Å². The summed E-state index contributed by atoms with van der Waals surface area (Å²) in [6.45, 7) is 0. The van der Waals surface area contributed by atoms with Crippen LogP contribution < -0.4 is 0 Å². The Hall–Kier alpha value is -11.6. The summed E-state index contributed by atoms with van der Waals surface area (Å²) < 4.78 is 0. The molecule has 388 valence electrons. The first kappa shape index (κ1) is 49.5. The summed E-state index contributed by atoms with van der Waals surface area (Å²) in [5.74, 6) is 0. The van der Waals surface area contributed by atoms with Crippen molar-refractivity contribution in [3.05, 3.63) is 302 Å². The van der Waals surface area contributed by atoms with Crippen LogP contribution in [0.1, 0.15) is 11.1 Å². The van der Waals surface area contributed by atoms with Crippen molar-refractivity contribution in [2.24, 2.45) is 0 Å². The zero-order chi connectivity index (χ0) is 56.1. The summed E-state index contributed by atoms with van der Waals surface area (Å²) in [6.07, 6.45) is 0. The van der Waals surface area contributed by atoms with Crippen LogP contribution in [0.5, 0.6) is 0 Å². The van der Waals surface area contributed by atoms with Gasteiger partial charge in [-0.1, -0.05) is 249 Å². The molecule has 0 saturated carbocycles. The maximum atomic E-state index is 9.96. The van der Waals surface area contributed by atoms with Gasteiger partial charge >= 0.3 is 0 Å². The summed E-state index contributed by atoms with van der Waals surface area (Å²) in [4.78, 5) is 10.6. The fourth-order valence-corrected chi connectivity index (χ4v) is 12.6. The second-order valence-corrected chi connectivity index (χ2v) is 21.3. The molecule has 0 aliphatic heterocycles. The number of fused-ring (bicyclic) bond motifs is 10. The van der Waals surface area contributed by atoms with E-state index in [1.54, 1.807) is 0 Å². The number of hydrogen-bond donors (Lipinski definition) is 0. The highest BCUT2D eigenvalue weighted by atomic mass is 14.7. The summed E-state index contributed by atoms with van der Waals surface area (Å²) in [7, 11) is 0. The average molecular weight is 1070 g/mol. The van der Waals surface area contributed by atoms with Gasteiger partial charge in [0.25, 0.3) is 0 Å². The quantitative estimate of drug-likeness (QED) is 0.156. The topological polar surface area (TPSA) is 73.4 Å². The molecule has 0 saturated heterocycles. The maximum absolute atomic E-state index is 9.96. The fraction of sp³-hybridized carbons (Fsp3) is 0.